The van der Waals surface area contributed by atoms with E-state index < -0.39 is 0 Å². The van der Waals surface area contributed by atoms with Crippen LogP contribution in [0, 0.1) is 0 Å². The molecule has 0 aliphatic heterocycles. The number of amides is 1. The lowest BCUT2D eigenvalue weighted by Gasteiger charge is -2.17. The van der Waals surface area contributed by atoms with Gasteiger partial charge in [-0.25, -0.2) is 0 Å². The molecule has 0 spiro atoms. The molecule has 0 heterocycles. The number of nitrogens with zero attached hydrogens (tertiary/aromatic N) is 1. The molecule has 0 unspecified atom stereocenters. The molecule has 0 radical (unpaired) electrons. The zero-order chi connectivity index (χ0) is 13.5. The number of unbranched alkanes of at least 4 members (excludes halogenated alkanes) is 2. The van der Waals surface area contributed by atoms with Crippen LogP contribution in [0.3, 0.4) is 0 Å². The zero-order valence-electron chi connectivity index (χ0n) is 10.3. The Labute approximate surface area is 134 Å². The lowest BCUT2D eigenvalue weighted by atomic mass is 10.2. The fourth-order valence-corrected chi connectivity index (χ4v) is 3.31. The molecule has 18 heavy (non-hydrogen) atoms. The summed E-state index contributed by atoms with van der Waals surface area (Å²) in [6, 6.07) is 5.62. The smallest absolute Gasteiger partial charge is 0.253 e. The molecule has 2 nitrogen and oxygen atoms in total. The molecule has 0 aromatic heterocycles. The number of hydrogen-bond donors (Lipinski definition) is 0. The van der Waals surface area contributed by atoms with E-state index in [9.17, 15) is 4.79 Å². The molecule has 1 aromatic rings. The van der Waals surface area contributed by atoms with Crippen LogP contribution in [-0.2, 0) is 0 Å². The molecule has 0 saturated heterocycles. The van der Waals surface area contributed by atoms with Crippen molar-refractivity contribution in [2.45, 2.75) is 19.3 Å². The Kier molecular flexibility index (Phi) is 7.49. The van der Waals surface area contributed by atoms with Crippen molar-refractivity contribution in [3.05, 3.63) is 32.7 Å². The van der Waals surface area contributed by atoms with Crippen molar-refractivity contribution < 1.29 is 4.79 Å². The first kappa shape index (κ1) is 16.2. The van der Waals surface area contributed by atoms with Gasteiger partial charge >= 0.3 is 0 Å². The summed E-state index contributed by atoms with van der Waals surface area (Å²) in [6.07, 6.45) is 3.35. The highest BCUT2D eigenvalue weighted by Gasteiger charge is 2.12. The van der Waals surface area contributed by atoms with E-state index in [2.05, 4.69) is 47.8 Å². The lowest BCUT2D eigenvalue weighted by molar-refractivity contribution is 0.0792. The van der Waals surface area contributed by atoms with Crippen molar-refractivity contribution in [2.24, 2.45) is 0 Å². The Bertz CT molecular complexity index is 389. The molecule has 1 amide bonds. The number of carbonyl (C=O) groups is 1. The Morgan fingerprint density at radius 3 is 2.28 bits per heavy atom. The summed E-state index contributed by atoms with van der Waals surface area (Å²) in [5.41, 5.74) is 0.708. The van der Waals surface area contributed by atoms with E-state index in [1.54, 1.807) is 4.90 Å². The quantitative estimate of drug-likeness (QED) is 0.456. The number of rotatable bonds is 6. The average molecular weight is 442 g/mol. The van der Waals surface area contributed by atoms with E-state index in [4.69, 9.17) is 0 Å². The van der Waals surface area contributed by atoms with Crippen molar-refractivity contribution >= 4 is 53.7 Å². The first-order valence-corrected chi connectivity index (χ1v) is 8.53. The SMILES string of the molecule is CN(CCCCCBr)C(=O)c1cc(Br)cc(Br)c1. The van der Waals surface area contributed by atoms with Gasteiger partial charge in [0.15, 0.2) is 0 Å². The van der Waals surface area contributed by atoms with Crippen LogP contribution in [0.2, 0.25) is 0 Å². The van der Waals surface area contributed by atoms with E-state index in [1.807, 2.05) is 25.2 Å². The van der Waals surface area contributed by atoms with Crippen LogP contribution in [0.15, 0.2) is 27.1 Å². The second-order valence-electron chi connectivity index (χ2n) is 4.13. The molecule has 5 heteroatoms. The highest BCUT2D eigenvalue weighted by Crippen LogP contribution is 2.21. The van der Waals surface area contributed by atoms with Gasteiger partial charge in [0.25, 0.3) is 5.91 Å². The number of alkyl halides is 1. The van der Waals surface area contributed by atoms with Crippen LogP contribution >= 0.6 is 47.8 Å². The molecule has 0 saturated carbocycles. The topological polar surface area (TPSA) is 20.3 Å². The Balaban J connectivity index is 2.57. The van der Waals surface area contributed by atoms with Crippen LogP contribution in [0.4, 0.5) is 0 Å². The van der Waals surface area contributed by atoms with Crippen molar-refractivity contribution in [1.82, 2.24) is 4.90 Å². The van der Waals surface area contributed by atoms with Crippen LogP contribution in [-0.4, -0.2) is 29.7 Å². The fraction of sp³-hybridized carbons (Fsp3) is 0.462. The number of benzene rings is 1. The minimum Gasteiger partial charge on any atom is -0.342 e. The molecule has 0 aliphatic carbocycles. The maximum absolute atomic E-state index is 12.2. The third kappa shape index (κ3) is 5.41. The van der Waals surface area contributed by atoms with E-state index in [0.717, 1.165) is 40.1 Å². The molecule has 0 bridgehead atoms. The standard InChI is InChI=1S/C13H16Br3NO/c1-17(6-4-2-3-5-14)13(18)10-7-11(15)9-12(16)8-10/h7-9H,2-6H2,1H3. The normalized spacial score (nSPS) is 10.4. The van der Waals surface area contributed by atoms with Gasteiger partial charge in [-0.2, -0.15) is 0 Å². The van der Waals surface area contributed by atoms with Gasteiger partial charge in [-0.15, -0.1) is 0 Å². The largest absolute Gasteiger partial charge is 0.342 e. The number of carbonyl (C=O) groups excluding carboxylic acids is 1. The zero-order valence-corrected chi connectivity index (χ0v) is 15.0. The predicted octanol–water partition coefficient (Wildman–Crippen LogP) is 4.85. The molecule has 0 aliphatic rings. The second kappa shape index (κ2) is 8.33. The van der Waals surface area contributed by atoms with Gasteiger partial charge in [0.2, 0.25) is 0 Å². The first-order chi connectivity index (χ1) is 8.54. The molecule has 0 fully saturated rings. The Hall–Kier alpha value is 0.130. The number of hydrogen-bond acceptors (Lipinski definition) is 1. The summed E-state index contributed by atoms with van der Waals surface area (Å²) in [4.78, 5) is 14.0. The average Bonchev–Trinajstić information content (AvgIpc) is 2.32. The third-order valence-electron chi connectivity index (χ3n) is 2.58. The van der Waals surface area contributed by atoms with Crippen molar-refractivity contribution in [3.63, 3.8) is 0 Å². The summed E-state index contributed by atoms with van der Waals surface area (Å²) < 4.78 is 1.82. The highest BCUT2D eigenvalue weighted by molar-refractivity contribution is 9.11. The molecule has 0 N–H and O–H groups in total. The van der Waals surface area contributed by atoms with Gasteiger partial charge in [-0.1, -0.05) is 54.2 Å². The summed E-state index contributed by atoms with van der Waals surface area (Å²) in [5, 5.41) is 1.03. The second-order valence-corrected chi connectivity index (χ2v) is 6.76. The van der Waals surface area contributed by atoms with Gasteiger partial charge in [-0.05, 0) is 31.0 Å². The molecule has 0 atom stereocenters. The highest BCUT2D eigenvalue weighted by atomic mass is 79.9. The van der Waals surface area contributed by atoms with Gasteiger partial charge in [0.05, 0.1) is 0 Å². The Morgan fingerprint density at radius 2 is 1.72 bits per heavy atom. The molecule has 1 rings (SSSR count). The van der Waals surface area contributed by atoms with Gasteiger partial charge < -0.3 is 4.90 Å². The van der Waals surface area contributed by atoms with Gasteiger partial charge in [0.1, 0.15) is 0 Å². The van der Waals surface area contributed by atoms with Gasteiger partial charge in [-0.3, -0.25) is 4.79 Å². The predicted molar refractivity (Wildman–Crippen MR) is 86.4 cm³/mol. The van der Waals surface area contributed by atoms with Gasteiger partial charge in [0, 0.05) is 33.4 Å². The van der Waals surface area contributed by atoms with E-state index in [0.29, 0.717) is 5.56 Å². The van der Waals surface area contributed by atoms with E-state index in [-0.39, 0.29) is 5.91 Å². The number of halogens is 3. The summed E-state index contributed by atoms with van der Waals surface area (Å²) in [6.45, 7) is 0.802. The maximum atomic E-state index is 12.2. The Morgan fingerprint density at radius 1 is 1.11 bits per heavy atom. The first-order valence-electron chi connectivity index (χ1n) is 5.82. The van der Waals surface area contributed by atoms with Crippen molar-refractivity contribution in [2.75, 3.05) is 18.9 Å². The molecule has 100 valence electrons. The summed E-state index contributed by atoms with van der Waals surface area (Å²) in [7, 11) is 1.85. The van der Waals surface area contributed by atoms with Crippen LogP contribution in [0.1, 0.15) is 29.6 Å². The summed E-state index contributed by atoms with van der Waals surface area (Å²) >= 11 is 10.2. The van der Waals surface area contributed by atoms with Crippen LogP contribution in [0.25, 0.3) is 0 Å². The lowest BCUT2D eigenvalue weighted by Crippen LogP contribution is -2.27. The molecule has 1 aromatic carbocycles. The monoisotopic (exact) mass is 439 g/mol. The molecular weight excluding hydrogens is 426 g/mol. The van der Waals surface area contributed by atoms with E-state index >= 15 is 0 Å². The van der Waals surface area contributed by atoms with Crippen molar-refractivity contribution in [3.8, 4) is 0 Å². The summed E-state index contributed by atoms with van der Waals surface area (Å²) in [5.74, 6) is 0.0656. The molecular formula is C13H16Br3NO. The maximum Gasteiger partial charge on any atom is 0.253 e. The third-order valence-corrected chi connectivity index (χ3v) is 4.06. The fourth-order valence-electron chi connectivity index (χ4n) is 1.62. The van der Waals surface area contributed by atoms with Crippen molar-refractivity contribution in [1.29, 1.82) is 0 Å². The minimum atomic E-state index is 0.0656. The minimum absolute atomic E-state index is 0.0656. The van der Waals surface area contributed by atoms with E-state index in [1.165, 1.54) is 0 Å². The van der Waals surface area contributed by atoms with Crippen LogP contribution in [0.5, 0.6) is 0 Å². The van der Waals surface area contributed by atoms with Crippen LogP contribution < -0.4 is 0 Å².